The Balaban J connectivity index is 0.00000153. The Kier molecular flexibility index (Phi) is 10.5. The van der Waals surface area contributed by atoms with Crippen molar-refractivity contribution in [1.82, 2.24) is 15.1 Å². The molecule has 0 aliphatic carbocycles. The number of allylic oxidation sites excluding steroid dienone is 2. The average molecular weight is 502 g/mol. The van der Waals surface area contributed by atoms with Crippen LogP contribution in [-0.2, 0) is 11.3 Å². The number of nitrogens with two attached hydrogens (primary N) is 1. The van der Waals surface area contributed by atoms with Gasteiger partial charge in [-0.3, -0.25) is 14.5 Å². The van der Waals surface area contributed by atoms with E-state index in [9.17, 15) is 14.4 Å². The van der Waals surface area contributed by atoms with Crippen molar-refractivity contribution in [1.29, 1.82) is 0 Å². The molecule has 0 saturated carbocycles. The molecule has 3 rings (SSSR count). The van der Waals surface area contributed by atoms with Gasteiger partial charge in [-0.05, 0) is 68.7 Å². The molecule has 1 aliphatic heterocycles. The number of urea groups is 1. The summed E-state index contributed by atoms with van der Waals surface area (Å²) >= 11 is 0. The number of benzene rings is 2. The lowest BCUT2D eigenvalue weighted by Gasteiger charge is -2.35. The number of anilines is 2. The number of imide groups is 1. The van der Waals surface area contributed by atoms with E-state index in [1.807, 2.05) is 43.9 Å². The van der Waals surface area contributed by atoms with Crippen molar-refractivity contribution >= 4 is 34.8 Å². The minimum absolute atomic E-state index is 0.228. The molecule has 1 heterocycles. The number of carbonyl (C=O) groups is 3. The second kappa shape index (κ2) is 13.5. The maximum Gasteiger partial charge on any atom is 0.324 e. The first kappa shape index (κ1) is 28.7. The summed E-state index contributed by atoms with van der Waals surface area (Å²) in [6, 6.07) is 12.0. The summed E-state index contributed by atoms with van der Waals surface area (Å²) < 4.78 is 0. The summed E-state index contributed by atoms with van der Waals surface area (Å²) in [5.41, 5.74) is 10.7. The third-order valence-electron chi connectivity index (χ3n) is 5.94. The largest absolute Gasteiger partial charge is 0.397 e. The molecule has 8 nitrogen and oxygen atoms in total. The Hall–Kier alpha value is -4.51. The minimum atomic E-state index is -0.462. The number of nitrogens with one attached hydrogen (secondary N) is 2. The summed E-state index contributed by atoms with van der Waals surface area (Å²) in [4.78, 5) is 40.6. The van der Waals surface area contributed by atoms with Crippen LogP contribution in [0.25, 0.3) is 5.57 Å². The van der Waals surface area contributed by atoms with Crippen molar-refractivity contribution in [3.8, 4) is 12.3 Å². The van der Waals surface area contributed by atoms with E-state index in [4.69, 9.17) is 5.73 Å². The lowest BCUT2D eigenvalue weighted by Crippen LogP contribution is -2.53. The predicted octanol–water partition coefficient (Wildman–Crippen LogP) is 4.47. The normalized spacial score (nSPS) is 13.3. The van der Waals surface area contributed by atoms with Crippen LogP contribution in [0.15, 0.2) is 60.8 Å². The van der Waals surface area contributed by atoms with Crippen LogP contribution in [0.3, 0.4) is 0 Å². The van der Waals surface area contributed by atoms with Crippen molar-refractivity contribution < 1.29 is 14.4 Å². The number of hydrogen-bond donors (Lipinski definition) is 3. The van der Waals surface area contributed by atoms with Gasteiger partial charge in [0.2, 0.25) is 0 Å². The summed E-state index contributed by atoms with van der Waals surface area (Å²) in [5, 5.41) is 5.61. The highest BCUT2D eigenvalue weighted by molar-refractivity contribution is 6.06. The van der Waals surface area contributed by atoms with E-state index in [2.05, 4.69) is 29.6 Å². The van der Waals surface area contributed by atoms with Crippen LogP contribution in [0.1, 0.15) is 49.2 Å². The highest BCUT2D eigenvalue weighted by Crippen LogP contribution is 2.25. The van der Waals surface area contributed by atoms with Gasteiger partial charge < -0.3 is 21.3 Å². The third kappa shape index (κ3) is 7.48. The fourth-order valence-corrected chi connectivity index (χ4v) is 3.61. The molecule has 0 radical (unpaired) electrons. The number of hydrogen-bond acceptors (Lipinski definition) is 5. The summed E-state index contributed by atoms with van der Waals surface area (Å²) in [5.74, 6) is 1.58. The van der Waals surface area contributed by atoms with E-state index >= 15 is 0 Å². The molecule has 0 unspecified atom stereocenters. The van der Waals surface area contributed by atoms with E-state index < -0.39 is 6.03 Å². The van der Waals surface area contributed by atoms with Crippen LogP contribution in [0.2, 0.25) is 0 Å². The Labute approximate surface area is 219 Å². The number of terminal acetylenes is 1. The molecule has 2 aromatic rings. The van der Waals surface area contributed by atoms with Crippen molar-refractivity contribution in [2.45, 2.75) is 34.2 Å². The Morgan fingerprint density at radius 2 is 1.78 bits per heavy atom. The first-order chi connectivity index (χ1) is 17.7. The molecule has 0 atom stereocenters. The van der Waals surface area contributed by atoms with Gasteiger partial charge in [-0.2, -0.15) is 0 Å². The molecule has 194 valence electrons. The van der Waals surface area contributed by atoms with Crippen LogP contribution in [-0.4, -0.2) is 47.3 Å². The molecular formula is C29H35N5O3. The molecule has 4 amide bonds. The van der Waals surface area contributed by atoms with Crippen LogP contribution in [0.5, 0.6) is 0 Å². The predicted molar refractivity (Wildman–Crippen MR) is 149 cm³/mol. The molecule has 2 aromatic carbocycles. The molecule has 0 spiro atoms. The number of likely N-dealkylation sites (N-methyl/N-ethyl adjacent to an activating group) is 1. The van der Waals surface area contributed by atoms with Gasteiger partial charge in [0, 0.05) is 31.7 Å². The second-order valence-electron chi connectivity index (χ2n) is 8.36. The Morgan fingerprint density at radius 1 is 1.16 bits per heavy atom. The fourth-order valence-electron chi connectivity index (χ4n) is 3.61. The van der Waals surface area contributed by atoms with E-state index in [1.165, 1.54) is 4.90 Å². The van der Waals surface area contributed by atoms with Gasteiger partial charge in [0.25, 0.3) is 11.8 Å². The zero-order chi connectivity index (χ0) is 27.5. The van der Waals surface area contributed by atoms with E-state index in [0.29, 0.717) is 42.3 Å². The SMILES string of the molecule is C#CC.C=C1C(=O)N(C(=O)NCc2ccc(C(=O)Nc3cc(/C(C)=C/C)ccc3N)cc2)CCN1CC. The van der Waals surface area contributed by atoms with Crippen molar-refractivity contribution in [3.05, 3.63) is 77.5 Å². The van der Waals surface area contributed by atoms with Crippen LogP contribution in [0, 0.1) is 12.3 Å². The first-order valence-corrected chi connectivity index (χ1v) is 12.0. The zero-order valence-corrected chi connectivity index (χ0v) is 21.9. The van der Waals surface area contributed by atoms with E-state index in [1.54, 1.807) is 37.3 Å². The highest BCUT2D eigenvalue weighted by Gasteiger charge is 2.30. The monoisotopic (exact) mass is 501 g/mol. The lowest BCUT2D eigenvalue weighted by molar-refractivity contribution is -0.128. The molecular weight excluding hydrogens is 466 g/mol. The Bertz CT molecular complexity index is 1230. The van der Waals surface area contributed by atoms with Gasteiger partial charge in [-0.15, -0.1) is 12.3 Å². The summed E-state index contributed by atoms with van der Waals surface area (Å²) in [6.07, 6.45) is 6.59. The zero-order valence-electron chi connectivity index (χ0n) is 21.9. The fraction of sp³-hybridized carbons (Fsp3) is 0.276. The summed E-state index contributed by atoms with van der Waals surface area (Å²) in [6.45, 7) is 13.1. The minimum Gasteiger partial charge on any atom is -0.397 e. The van der Waals surface area contributed by atoms with Crippen molar-refractivity contribution in [3.63, 3.8) is 0 Å². The molecule has 4 N–H and O–H groups in total. The highest BCUT2D eigenvalue weighted by atomic mass is 16.2. The molecule has 0 bridgehead atoms. The lowest BCUT2D eigenvalue weighted by atomic mass is 10.1. The first-order valence-electron chi connectivity index (χ1n) is 12.0. The Morgan fingerprint density at radius 3 is 2.38 bits per heavy atom. The van der Waals surface area contributed by atoms with Crippen LogP contribution >= 0.6 is 0 Å². The van der Waals surface area contributed by atoms with E-state index in [0.717, 1.165) is 16.7 Å². The molecule has 1 aliphatic rings. The number of rotatable bonds is 6. The molecule has 8 heteroatoms. The third-order valence-corrected chi connectivity index (χ3v) is 5.94. The van der Waals surface area contributed by atoms with Crippen molar-refractivity contribution in [2.24, 2.45) is 0 Å². The molecule has 1 saturated heterocycles. The number of amides is 4. The van der Waals surface area contributed by atoms with Gasteiger partial charge in [0.1, 0.15) is 0 Å². The number of piperazine rings is 1. The van der Waals surface area contributed by atoms with Gasteiger partial charge in [0.15, 0.2) is 0 Å². The molecule has 37 heavy (non-hydrogen) atoms. The quantitative estimate of drug-likeness (QED) is 0.308. The topological polar surface area (TPSA) is 108 Å². The van der Waals surface area contributed by atoms with E-state index in [-0.39, 0.29) is 18.4 Å². The molecule has 0 aromatic heterocycles. The maximum absolute atomic E-state index is 12.7. The van der Waals surface area contributed by atoms with Gasteiger partial charge in [-0.1, -0.05) is 30.9 Å². The number of nitrogens with zero attached hydrogens (tertiary/aromatic N) is 2. The smallest absolute Gasteiger partial charge is 0.324 e. The summed E-state index contributed by atoms with van der Waals surface area (Å²) in [7, 11) is 0. The average Bonchev–Trinajstić information content (AvgIpc) is 2.90. The second-order valence-corrected chi connectivity index (χ2v) is 8.36. The van der Waals surface area contributed by atoms with Gasteiger partial charge >= 0.3 is 6.03 Å². The maximum atomic E-state index is 12.7. The van der Waals surface area contributed by atoms with Gasteiger partial charge in [-0.25, -0.2) is 4.79 Å². The number of carbonyl (C=O) groups excluding carboxylic acids is 3. The standard InChI is InChI=1S/C26H31N5O3.C3H4/c1-5-17(3)21-11-12-22(27)23(15-21)29-24(32)20-9-7-19(8-10-20)16-28-26(34)31-14-13-30(6-2)18(4)25(31)33;1-3-2/h5,7-12,15H,4,6,13-14,16,27H2,1-3H3,(H,28,34)(H,29,32);1H,2H3/b17-5+;. The van der Waals surface area contributed by atoms with Crippen LogP contribution < -0.4 is 16.4 Å². The molecule has 1 fully saturated rings. The van der Waals surface area contributed by atoms with Gasteiger partial charge in [0.05, 0.1) is 17.1 Å². The van der Waals surface area contributed by atoms with Crippen molar-refractivity contribution in [2.75, 3.05) is 30.7 Å². The number of nitrogen functional groups attached to an aromatic ring is 1. The van der Waals surface area contributed by atoms with Crippen LogP contribution in [0.4, 0.5) is 16.2 Å².